The Balaban J connectivity index is 2.91. The van der Waals surface area contributed by atoms with Crippen LogP contribution in [-0.4, -0.2) is 42.5 Å². The molecule has 0 aliphatic rings. The number of sulfonamides is 1. The maximum Gasteiger partial charge on any atom is 0.244 e. The number of aromatic amines is 1. The van der Waals surface area contributed by atoms with Crippen LogP contribution in [0.3, 0.4) is 0 Å². The summed E-state index contributed by atoms with van der Waals surface area (Å²) in [5, 5.41) is 8.81. The summed E-state index contributed by atoms with van der Waals surface area (Å²) in [7, 11) is -3.44. The second kappa shape index (κ2) is 5.29. The molecule has 15 heavy (non-hydrogen) atoms. The van der Waals surface area contributed by atoms with Crippen LogP contribution in [0.25, 0.3) is 0 Å². The molecule has 1 aromatic heterocycles. The summed E-state index contributed by atoms with van der Waals surface area (Å²) in [6, 6.07) is 1.51. The Morgan fingerprint density at radius 2 is 2.20 bits per heavy atom. The number of aromatic nitrogens is 1. The number of aliphatic hydroxyl groups excluding tert-OH is 1. The van der Waals surface area contributed by atoms with Gasteiger partial charge in [-0.05, 0) is 12.5 Å². The van der Waals surface area contributed by atoms with E-state index >= 15 is 0 Å². The topological polar surface area (TPSA) is 73.4 Å². The molecule has 1 aromatic rings. The molecule has 1 rings (SSSR count). The van der Waals surface area contributed by atoms with Crippen molar-refractivity contribution in [3.8, 4) is 0 Å². The molecule has 0 amide bonds. The Labute approximate surface area is 89.8 Å². The number of nitrogens with one attached hydrogen (secondary N) is 1. The molecule has 0 aliphatic heterocycles. The lowest BCUT2D eigenvalue weighted by Crippen LogP contribution is -2.34. The van der Waals surface area contributed by atoms with E-state index in [0.717, 1.165) is 6.42 Å². The minimum atomic E-state index is -3.44. The van der Waals surface area contributed by atoms with E-state index < -0.39 is 10.0 Å². The predicted molar refractivity (Wildman–Crippen MR) is 56.9 cm³/mol. The average molecular weight is 232 g/mol. The number of H-pyrrole nitrogens is 1. The maximum atomic E-state index is 12.0. The van der Waals surface area contributed by atoms with E-state index in [4.69, 9.17) is 5.11 Å². The SMILES string of the molecule is CCCN(CCO)S(=O)(=O)c1cc[nH]c1. The zero-order valence-electron chi connectivity index (χ0n) is 8.68. The first kappa shape index (κ1) is 12.2. The van der Waals surface area contributed by atoms with E-state index in [2.05, 4.69) is 4.98 Å². The third-order valence-electron chi connectivity index (χ3n) is 2.03. The first-order valence-corrected chi connectivity index (χ1v) is 6.30. The molecule has 0 saturated heterocycles. The van der Waals surface area contributed by atoms with Gasteiger partial charge < -0.3 is 10.1 Å². The van der Waals surface area contributed by atoms with Crippen molar-refractivity contribution in [2.24, 2.45) is 0 Å². The van der Waals surface area contributed by atoms with Crippen molar-refractivity contribution in [3.05, 3.63) is 18.5 Å². The highest BCUT2D eigenvalue weighted by molar-refractivity contribution is 7.89. The highest BCUT2D eigenvalue weighted by Gasteiger charge is 2.23. The van der Waals surface area contributed by atoms with Crippen molar-refractivity contribution in [2.45, 2.75) is 18.2 Å². The molecule has 0 unspecified atom stereocenters. The molecule has 0 saturated carbocycles. The minimum absolute atomic E-state index is 0.140. The first-order chi connectivity index (χ1) is 7.12. The van der Waals surface area contributed by atoms with Gasteiger partial charge in [0.1, 0.15) is 0 Å². The fourth-order valence-corrected chi connectivity index (χ4v) is 2.83. The number of rotatable bonds is 6. The highest BCUT2D eigenvalue weighted by Crippen LogP contribution is 2.14. The molecule has 0 fully saturated rings. The molecule has 1 heterocycles. The van der Waals surface area contributed by atoms with E-state index in [1.165, 1.54) is 16.6 Å². The van der Waals surface area contributed by atoms with Crippen molar-refractivity contribution in [3.63, 3.8) is 0 Å². The number of aliphatic hydroxyl groups is 1. The Kier molecular flexibility index (Phi) is 4.31. The predicted octanol–water partition coefficient (Wildman–Crippen LogP) is 0.408. The Hall–Kier alpha value is -0.850. The first-order valence-electron chi connectivity index (χ1n) is 4.86. The molecule has 5 nitrogen and oxygen atoms in total. The van der Waals surface area contributed by atoms with E-state index in [1.54, 1.807) is 6.20 Å². The van der Waals surface area contributed by atoms with Gasteiger partial charge in [0.2, 0.25) is 10.0 Å². The second-order valence-corrected chi connectivity index (χ2v) is 5.11. The molecule has 0 radical (unpaired) electrons. The zero-order chi connectivity index (χ0) is 11.3. The van der Waals surface area contributed by atoms with Crippen molar-refractivity contribution in [1.29, 1.82) is 0 Å². The molecule has 0 aromatic carbocycles. The molecule has 0 aliphatic carbocycles. The second-order valence-electron chi connectivity index (χ2n) is 3.17. The standard InChI is InChI=1S/C9H16N2O3S/c1-2-5-11(6-7-12)15(13,14)9-3-4-10-8-9/h3-4,8,10,12H,2,5-7H2,1H3. The summed E-state index contributed by atoms with van der Waals surface area (Å²) in [4.78, 5) is 2.95. The van der Waals surface area contributed by atoms with Crippen LogP contribution in [-0.2, 0) is 10.0 Å². The number of hydrogen-bond donors (Lipinski definition) is 2. The van der Waals surface area contributed by atoms with Crippen LogP contribution < -0.4 is 0 Å². The van der Waals surface area contributed by atoms with E-state index in [9.17, 15) is 8.42 Å². The molecule has 2 N–H and O–H groups in total. The third kappa shape index (κ3) is 2.80. The van der Waals surface area contributed by atoms with Gasteiger partial charge in [-0.1, -0.05) is 6.92 Å². The van der Waals surface area contributed by atoms with Crippen LogP contribution in [0.5, 0.6) is 0 Å². The largest absolute Gasteiger partial charge is 0.395 e. The molecule has 0 atom stereocenters. The Morgan fingerprint density at radius 3 is 2.67 bits per heavy atom. The van der Waals surface area contributed by atoms with Crippen molar-refractivity contribution in [1.82, 2.24) is 9.29 Å². The summed E-state index contributed by atoms with van der Waals surface area (Å²) < 4.78 is 25.2. The van der Waals surface area contributed by atoms with Gasteiger partial charge in [-0.3, -0.25) is 0 Å². The lowest BCUT2D eigenvalue weighted by molar-refractivity contribution is 0.253. The van der Waals surface area contributed by atoms with Crippen molar-refractivity contribution < 1.29 is 13.5 Å². The molecule has 0 spiro atoms. The van der Waals surface area contributed by atoms with Gasteiger partial charge in [0.25, 0.3) is 0 Å². The minimum Gasteiger partial charge on any atom is -0.395 e. The average Bonchev–Trinajstić information content (AvgIpc) is 2.70. The van der Waals surface area contributed by atoms with E-state index in [0.29, 0.717) is 6.54 Å². The lowest BCUT2D eigenvalue weighted by atomic mass is 10.5. The van der Waals surface area contributed by atoms with E-state index in [1.807, 2.05) is 6.92 Å². The van der Waals surface area contributed by atoms with Gasteiger partial charge in [0.15, 0.2) is 0 Å². The third-order valence-corrected chi connectivity index (χ3v) is 3.92. The monoisotopic (exact) mass is 232 g/mol. The summed E-state index contributed by atoms with van der Waals surface area (Å²) in [6.45, 7) is 2.30. The molecule has 86 valence electrons. The summed E-state index contributed by atoms with van der Waals surface area (Å²) >= 11 is 0. The van der Waals surface area contributed by atoms with Crippen LogP contribution >= 0.6 is 0 Å². The van der Waals surface area contributed by atoms with Crippen LogP contribution in [0.15, 0.2) is 23.4 Å². The molecular weight excluding hydrogens is 216 g/mol. The summed E-state index contributed by atoms with van der Waals surface area (Å²) in [5.41, 5.74) is 0. The van der Waals surface area contributed by atoms with Gasteiger partial charge in [0, 0.05) is 25.5 Å². The summed E-state index contributed by atoms with van der Waals surface area (Å²) in [5.74, 6) is 0. The Morgan fingerprint density at radius 1 is 1.47 bits per heavy atom. The number of hydrogen-bond acceptors (Lipinski definition) is 3. The van der Waals surface area contributed by atoms with Gasteiger partial charge in [-0.2, -0.15) is 4.31 Å². The van der Waals surface area contributed by atoms with Gasteiger partial charge in [-0.25, -0.2) is 8.42 Å². The van der Waals surface area contributed by atoms with Crippen LogP contribution in [0.1, 0.15) is 13.3 Å². The van der Waals surface area contributed by atoms with Gasteiger partial charge in [-0.15, -0.1) is 0 Å². The lowest BCUT2D eigenvalue weighted by Gasteiger charge is -2.19. The van der Waals surface area contributed by atoms with E-state index in [-0.39, 0.29) is 18.0 Å². The van der Waals surface area contributed by atoms with Crippen molar-refractivity contribution in [2.75, 3.05) is 19.7 Å². The smallest absolute Gasteiger partial charge is 0.244 e. The molecule has 0 bridgehead atoms. The normalized spacial score (nSPS) is 12.2. The zero-order valence-corrected chi connectivity index (χ0v) is 9.50. The highest BCUT2D eigenvalue weighted by atomic mass is 32.2. The van der Waals surface area contributed by atoms with Gasteiger partial charge >= 0.3 is 0 Å². The maximum absolute atomic E-state index is 12.0. The van der Waals surface area contributed by atoms with Crippen LogP contribution in [0, 0.1) is 0 Å². The fraction of sp³-hybridized carbons (Fsp3) is 0.556. The summed E-state index contributed by atoms with van der Waals surface area (Å²) in [6.07, 6.45) is 3.73. The molecular formula is C9H16N2O3S. The van der Waals surface area contributed by atoms with Crippen molar-refractivity contribution >= 4 is 10.0 Å². The quantitative estimate of drug-likeness (QED) is 0.746. The van der Waals surface area contributed by atoms with Gasteiger partial charge in [0.05, 0.1) is 11.5 Å². The van der Waals surface area contributed by atoms with Crippen LogP contribution in [0.2, 0.25) is 0 Å². The van der Waals surface area contributed by atoms with Crippen LogP contribution in [0.4, 0.5) is 0 Å². The Bertz CT molecular complexity index is 366. The molecule has 6 heteroatoms. The fourth-order valence-electron chi connectivity index (χ4n) is 1.33. The number of nitrogens with zero attached hydrogens (tertiary/aromatic N) is 1.